The molecule has 2 aromatic carbocycles. The van der Waals surface area contributed by atoms with E-state index in [2.05, 4.69) is 27.4 Å². The number of likely N-dealkylation sites (tertiary alicyclic amines) is 1. The van der Waals surface area contributed by atoms with Crippen LogP contribution in [-0.2, 0) is 19.6 Å². The van der Waals surface area contributed by atoms with Gasteiger partial charge in [-0.25, -0.2) is 4.68 Å². The first-order chi connectivity index (χ1) is 15.7. The highest BCUT2D eigenvalue weighted by Crippen LogP contribution is 2.13. The van der Waals surface area contributed by atoms with Crippen molar-refractivity contribution in [1.29, 1.82) is 0 Å². The van der Waals surface area contributed by atoms with Gasteiger partial charge in [0.2, 0.25) is 0 Å². The third-order valence-corrected chi connectivity index (χ3v) is 5.50. The van der Waals surface area contributed by atoms with Gasteiger partial charge in [-0.3, -0.25) is 14.5 Å². The Kier molecular flexibility index (Phi) is 7.30. The molecule has 1 amide bonds. The van der Waals surface area contributed by atoms with Gasteiger partial charge in [-0.1, -0.05) is 42.5 Å². The van der Waals surface area contributed by atoms with Crippen LogP contribution >= 0.6 is 0 Å². The fourth-order valence-electron chi connectivity index (χ4n) is 3.73. The lowest BCUT2D eigenvalue weighted by Crippen LogP contribution is -2.30. The van der Waals surface area contributed by atoms with E-state index in [0.29, 0.717) is 6.54 Å². The molecule has 3 aromatic rings. The summed E-state index contributed by atoms with van der Waals surface area (Å²) >= 11 is 0. The Hall–Kier alpha value is -3.45. The topological polar surface area (TPSA) is 76.5 Å². The van der Waals surface area contributed by atoms with Crippen molar-refractivity contribution in [1.82, 2.24) is 20.0 Å². The monoisotopic (exact) mass is 432 g/mol. The highest BCUT2D eigenvalue weighted by molar-refractivity contribution is 5.91. The molecule has 7 heteroatoms. The Morgan fingerprint density at radius 3 is 2.41 bits per heavy atom. The van der Waals surface area contributed by atoms with E-state index in [1.807, 2.05) is 42.5 Å². The molecule has 7 nitrogen and oxygen atoms in total. The average molecular weight is 433 g/mol. The highest BCUT2D eigenvalue weighted by Gasteiger charge is 2.12. The molecule has 1 aliphatic rings. The molecule has 4 rings (SSSR count). The molecule has 1 saturated heterocycles. The number of ether oxygens (including phenoxy) is 1. The van der Waals surface area contributed by atoms with Crippen LogP contribution < -0.4 is 15.6 Å². The standard InChI is InChI=1S/C25H28N4O3/c30-24-13-12-23(27-29(24)16-17-32-22-6-2-1-3-7-22)25(31)26-18-20-8-10-21(11-9-20)19-28-14-4-5-15-28/h1-3,6-13H,4-5,14-19H2,(H,26,31). The number of carbonyl (C=O) groups is 1. The molecule has 1 aliphatic heterocycles. The molecule has 0 aliphatic carbocycles. The second-order valence-corrected chi connectivity index (χ2v) is 7.92. The van der Waals surface area contributed by atoms with E-state index >= 15 is 0 Å². The van der Waals surface area contributed by atoms with Crippen LogP contribution in [0.4, 0.5) is 0 Å². The summed E-state index contributed by atoms with van der Waals surface area (Å²) in [5, 5.41) is 7.07. The van der Waals surface area contributed by atoms with E-state index in [9.17, 15) is 9.59 Å². The predicted octanol–water partition coefficient (Wildman–Crippen LogP) is 2.85. The molecule has 1 fully saturated rings. The van der Waals surface area contributed by atoms with Gasteiger partial charge in [0.1, 0.15) is 18.1 Å². The first-order valence-corrected chi connectivity index (χ1v) is 11.0. The summed E-state index contributed by atoms with van der Waals surface area (Å²) < 4.78 is 6.87. The molecule has 0 atom stereocenters. The van der Waals surface area contributed by atoms with Gasteiger partial charge in [-0.15, -0.1) is 0 Å². The summed E-state index contributed by atoms with van der Waals surface area (Å²) in [5.74, 6) is 0.407. The maximum Gasteiger partial charge on any atom is 0.271 e. The van der Waals surface area contributed by atoms with E-state index in [1.165, 1.54) is 48.3 Å². The van der Waals surface area contributed by atoms with Crippen LogP contribution in [0.5, 0.6) is 5.75 Å². The summed E-state index contributed by atoms with van der Waals surface area (Å²) in [6.45, 7) is 4.27. The van der Waals surface area contributed by atoms with Gasteiger partial charge in [0.25, 0.3) is 11.5 Å². The van der Waals surface area contributed by atoms with Crippen LogP contribution in [0.3, 0.4) is 0 Å². The molecule has 0 unspecified atom stereocenters. The van der Waals surface area contributed by atoms with Crippen molar-refractivity contribution >= 4 is 5.91 Å². The van der Waals surface area contributed by atoms with Crippen LogP contribution in [0, 0.1) is 0 Å². The zero-order valence-corrected chi connectivity index (χ0v) is 18.1. The number of benzene rings is 2. The molecule has 0 spiro atoms. The summed E-state index contributed by atoms with van der Waals surface area (Å²) in [4.78, 5) is 27.1. The van der Waals surface area contributed by atoms with Crippen molar-refractivity contribution in [2.75, 3.05) is 19.7 Å². The number of rotatable bonds is 9. The average Bonchev–Trinajstić information content (AvgIpc) is 3.33. The fraction of sp³-hybridized carbons (Fsp3) is 0.320. The van der Waals surface area contributed by atoms with Crippen molar-refractivity contribution in [3.8, 4) is 5.75 Å². The fourth-order valence-corrected chi connectivity index (χ4v) is 3.73. The number of nitrogens with one attached hydrogen (secondary N) is 1. The largest absolute Gasteiger partial charge is 0.492 e. The van der Waals surface area contributed by atoms with Gasteiger partial charge in [-0.05, 0) is 55.3 Å². The van der Waals surface area contributed by atoms with Gasteiger partial charge >= 0.3 is 0 Å². The molecule has 1 N–H and O–H groups in total. The van der Waals surface area contributed by atoms with Crippen LogP contribution in [0.2, 0.25) is 0 Å². The normalized spacial score (nSPS) is 13.8. The summed E-state index contributed by atoms with van der Waals surface area (Å²) in [7, 11) is 0. The molecular weight excluding hydrogens is 404 g/mol. The van der Waals surface area contributed by atoms with Gasteiger partial charge in [0.15, 0.2) is 0 Å². The number of carbonyl (C=O) groups excluding carboxylic acids is 1. The zero-order valence-electron chi connectivity index (χ0n) is 18.1. The van der Waals surface area contributed by atoms with Gasteiger partial charge in [0.05, 0.1) is 6.54 Å². The van der Waals surface area contributed by atoms with Crippen molar-refractivity contribution in [2.45, 2.75) is 32.5 Å². The lowest BCUT2D eigenvalue weighted by molar-refractivity contribution is 0.0943. The van der Waals surface area contributed by atoms with E-state index < -0.39 is 0 Å². The van der Waals surface area contributed by atoms with Crippen LogP contribution in [-0.4, -0.2) is 40.3 Å². The lowest BCUT2D eigenvalue weighted by atomic mass is 10.1. The smallest absolute Gasteiger partial charge is 0.271 e. The number of para-hydroxylation sites is 1. The summed E-state index contributed by atoms with van der Waals surface area (Å²) in [6, 6.07) is 20.5. The minimum atomic E-state index is -0.316. The van der Waals surface area contributed by atoms with Crippen molar-refractivity contribution in [3.63, 3.8) is 0 Å². The Morgan fingerprint density at radius 1 is 0.938 bits per heavy atom. The van der Waals surface area contributed by atoms with Crippen LogP contribution in [0.15, 0.2) is 71.5 Å². The van der Waals surface area contributed by atoms with E-state index in [4.69, 9.17) is 4.74 Å². The molecule has 0 saturated carbocycles. The van der Waals surface area contributed by atoms with Gasteiger partial charge < -0.3 is 10.1 Å². The molecule has 2 heterocycles. The maximum absolute atomic E-state index is 12.5. The maximum atomic E-state index is 12.5. The quantitative estimate of drug-likeness (QED) is 0.563. The number of hydrogen-bond acceptors (Lipinski definition) is 5. The highest BCUT2D eigenvalue weighted by atomic mass is 16.5. The Morgan fingerprint density at radius 2 is 1.66 bits per heavy atom. The molecule has 1 aromatic heterocycles. The first kappa shape index (κ1) is 21.8. The molecule has 166 valence electrons. The van der Waals surface area contributed by atoms with Crippen molar-refractivity contribution in [3.05, 3.63) is 93.9 Å². The predicted molar refractivity (Wildman–Crippen MR) is 123 cm³/mol. The Balaban J connectivity index is 1.29. The SMILES string of the molecule is O=C(NCc1ccc(CN2CCCC2)cc1)c1ccc(=O)n(CCOc2ccccc2)n1. The number of hydrogen-bond donors (Lipinski definition) is 1. The van der Waals surface area contributed by atoms with Gasteiger partial charge in [0, 0.05) is 19.2 Å². The Labute approximate surface area is 187 Å². The van der Waals surface area contributed by atoms with Gasteiger partial charge in [-0.2, -0.15) is 5.10 Å². The van der Waals surface area contributed by atoms with Crippen LogP contribution in [0.25, 0.3) is 0 Å². The second-order valence-electron chi connectivity index (χ2n) is 7.92. The molecule has 0 radical (unpaired) electrons. The molecule has 0 bridgehead atoms. The number of aromatic nitrogens is 2. The second kappa shape index (κ2) is 10.7. The third-order valence-electron chi connectivity index (χ3n) is 5.50. The third kappa shape index (κ3) is 6.04. The zero-order chi connectivity index (χ0) is 22.2. The lowest BCUT2D eigenvalue weighted by Gasteiger charge is -2.14. The molecule has 32 heavy (non-hydrogen) atoms. The minimum absolute atomic E-state index is 0.204. The van der Waals surface area contributed by atoms with Crippen molar-refractivity contribution in [2.24, 2.45) is 0 Å². The summed E-state index contributed by atoms with van der Waals surface area (Å²) in [6.07, 6.45) is 2.57. The Bertz CT molecular complexity index is 1070. The number of amides is 1. The van der Waals surface area contributed by atoms with Crippen LogP contribution in [0.1, 0.15) is 34.5 Å². The molecular formula is C25H28N4O3. The van der Waals surface area contributed by atoms with E-state index in [-0.39, 0.29) is 30.3 Å². The van der Waals surface area contributed by atoms with Crippen molar-refractivity contribution < 1.29 is 9.53 Å². The summed E-state index contributed by atoms with van der Waals surface area (Å²) in [5.41, 5.74) is 2.24. The van der Waals surface area contributed by atoms with E-state index in [0.717, 1.165) is 17.9 Å². The minimum Gasteiger partial charge on any atom is -0.492 e. The van der Waals surface area contributed by atoms with E-state index in [1.54, 1.807) is 0 Å². The first-order valence-electron chi connectivity index (χ1n) is 11.0. The number of nitrogens with zero attached hydrogens (tertiary/aromatic N) is 3.